The van der Waals surface area contributed by atoms with Gasteiger partial charge in [0.05, 0.1) is 24.3 Å². The predicted octanol–water partition coefficient (Wildman–Crippen LogP) is 3.79. The second kappa shape index (κ2) is 9.23. The Bertz CT molecular complexity index is 1100. The highest BCUT2D eigenvalue weighted by atomic mass is 35.5. The van der Waals surface area contributed by atoms with Crippen LogP contribution in [-0.2, 0) is 11.3 Å². The Hall–Kier alpha value is -3.30. The number of nitrogens with zero attached hydrogens (tertiary/aromatic N) is 3. The van der Waals surface area contributed by atoms with E-state index in [1.54, 1.807) is 48.5 Å². The van der Waals surface area contributed by atoms with Crippen molar-refractivity contribution in [2.24, 2.45) is 0 Å². The van der Waals surface area contributed by atoms with Crippen LogP contribution in [0.2, 0.25) is 5.02 Å². The van der Waals surface area contributed by atoms with Gasteiger partial charge in [0.1, 0.15) is 10.8 Å². The molecule has 0 spiro atoms. The summed E-state index contributed by atoms with van der Waals surface area (Å²) in [5.74, 6) is -0.251. The number of hydrogen-bond donors (Lipinski definition) is 1. The zero-order valence-corrected chi connectivity index (χ0v) is 17.8. The third-order valence-electron chi connectivity index (χ3n) is 4.52. The molecule has 1 aliphatic rings. The minimum Gasteiger partial charge on any atom is -0.494 e. The molecule has 1 aliphatic heterocycles. The third-order valence-corrected chi connectivity index (χ3v) is 5.59. The first kappa shape index (κ1) is 21.0. The lowest BCUT2D eigenvalue weighted by Gasteiger charge is -2.10. The van der Waals surface area contributed by atoms with Gasteiger partial charge in [-0.25, -0.2) is 0 Å². The summed E-state index contributed by atoms with van der Waals surface area (Å²) in [6.07, 6.45) is 0.774. The van der Waals surface area contributed by atoms with Crippen molar-refractivity contribution in [2.75, 3.05) is 11.9 Å². The number of rotatable bonds is 8. The fraction of sp³-hybridized carbons (Fsp3) is 0.190. The average molecular weight is 457 g/mol. The van der Waals surface area contributed by atoms with Crippen LogP contribution in [0.4, 0.5) is 5.13 Å². The summed E-state index contributed by atoms with van der Waals surface area (Å²) >= 11 is 6.95. The van der Waals surface area contributed by atoms with Crippen LogP contribution in [0.3, 0.4) is 0 Å². The molecule has 158 valence electrons. The number of anilines is 1. The van der Waals surface area contributed by atoms with E-state index in [0.29, 0.717) is 45.1 Å². The van der Waals surface area contributed by atoms with Gasteiger partial charge in [-0.3, -0.25) is 19.3 Å². The maximum Gasteiger partial charge on any atom is 0.261 e. The highest BCUT2D eigenvalue weighted by Gasteiger charge is 2.35. The molecule has 4 rings (SSSR count). The van der Waals surface area contributed by atoms with E-state index in [0.717, 1.165) is 16.2 Å². The zero-order chi connectivity index (χ0) is 21.8. The smallest absolute Gasteiger partial charge is 0.261 e. The topological polar surface area (TPSA) is 101 Å². The van der Waals surface area contributed by atoms with E-state index in [4.69, 9.17) is 16.3 Å². The Kier molecular flexibility index (Phi) is 6.24. The first-order chi connectivity index (χ1) is 15.0. The molecular formula is C21H17ClN4O4S. The molecule has 8 nitrogen and oxygen atoms in total. The van der Waals surface area contributed by atoms with Crippen molar-refractivity contribution >= 4 is 45.8 Å². The summed E-state index contributed by atoms with van der Waals surface area (Å²) in [4.78, 5) is 38.1. The Morgan fingerprint density at radius 3 is 2.39 bits per heavy atom. The van der Waals surface area contributed by atoms with E-state index in [2.05, 4.69) is 15.5 Å². The quantitative estimate of drug-likeness (QED) is 0.409. The number of nitrogens with one attached hydrogen (secondary N) is 1. The van der Waals surface area contributed by atoms with Crippen molar-refractivity contribution in [3.05, 3.63) is 69.7 Å². The molecule has 2 heterocycles. The summed E-state index contributed by atoms with van der Waals surface area (Å²) < 4.78 is 5.55. The minimum atomic E-state index is -0.359. The number of benzene rings is 2. The largest absolute Gasteiger partial charge is 0.494 e. The second-order valence-corrected chi connectivity index (χ2v) is 8.20. The maximum absolute atomic E-state index is 12.4. The third kappa shape index (κ3) is 4.89. The number of halogens is 1. The van der Waals surface area contributed by atoms with Crippen LogP contribution in [0.1, 0.15) is 38.6 Å². The van der Waals surface area contributed by atoms with Gasteiger partial charge in [0.2, 0.25) is 11.0 Å². The molecule has 0 unspecified atom stereocenters. The predicted molar refractivity (Wildman–Crippen MR) is 115 cm³/mol. The van der Waals surface area contributed by atoms with Gasteiger partial charge < -0.3 is 10.1 Å². The summed E-state index contributed by atoms with van der Waals surface area (Å²) in [5, 5.41) is 12.0. The molecule has 0 radical (unpaired) electrons. The van der Waals surface area contributed by atoms with Gasteiger partial charge >= 0.3 is 0 Å². The van der Waals surface area contributed by atoms with Crippen LogP contribution in [0.5, 0.6) is 5.75 Å². The Labute approximate surface area is 186 Å². The molecule has 0 saturated heterocycles. The first-order valence-corrected chi connectivity index (χ1v) is 10.7. The SMILES string of the molecule is O=C(CCCOc1ccc(Cl)cc1)Nc1nnc(CN2C(=O)c3ccccc3C2=O)s1. The van der Waals surface area contributed by atoms with Crippen LogP contribution < -0.4 is 10.1 Å². The summed E-state index contributed by atoms with van der Waals surface area (Å²) in [6, 6.07) is 13.7. The summed E-state index contributed by atoms with van der Waals surface area (Å²) in [5.41, 5.74) is 0.762. The minimum absolute atomic E-state index is 0.00875. The van der Waals surface area contributed by atoms with Crippen molar-refractivity contribution in [3.8, 4) is 5.75 Å². The zero-order valence-electron chi connectivity index (χ0n) is 16.2. The Morgan fingerprint density at radius 2 is 1.71 bits per heavy atom. The van der Waals surface area contributed by atoms with Gasteiger partial charge in [0.15, 0.2) is 0 Å². The molecule has 0 aliphatic carbocycles. The lowest BCUT2D eigenvalue weighted by Crippen LogP contribution is -2.29. The van der Waals surface area contributed by atoms with E-state index in [1.807, 2.05) is 0 Å². The molecule has 2 aromatic carbocycles. The highest BCUT2D eigenvalue weighted by Crippen LogP contribution is 2.26. The van der Waals surface area contributed by atoms with Gasteiger partial charge in [0, 0.05) is 11.4 Å². The van der Waals surface area contributed by atoms with Crippen molar-refractivity contribution in [1.29, 1.82) is 0 Å². The number of ether oxygens (including phenoxy) is 1. The molecule has 0 bridgehead atoms. The number of hydrogen-bond acceptors (Lipinski definition) is 7. The fourth-order valence-electron chi connectivity index (χ4n) is 3.02. The molecule has 3 aromatic rings. The summed E-state index contributed by atoms with van der Waals surface area (Å²) in [6.45, 7) is 0.394. The monoisotopic (exact) mass is 456 g/mol. The molecule has 1 N–H and O–H groups in total. The second-order valence-electron chi connectivity index (χ2n) is 6.70. The number of aromatic nitrogens is 2. The number of imide groups is 1. The van der Waals surface area contributed by atoms with Gasteiger partial charge in [-0.15, -0.1) is 10.2 Å². The molecule has 0 fully saturated rings. The van der Waals surface area contributed by atoms with Crippen LogP contribution in [-0.4, -0.2) is 39.4 Å². The van der Waals surface area contributed by atoms with Crippen LogP contribution in [0.25, 0.3) is 0 Å². The van der Waals surface area contributed by atoms with Gasteiger partial charge in [-0.2, -0.15) is 0 Å². The van der Waals surface area contributed by atoms with E-state index in [-0.39, 0.29) is 30.7 Å². The lowest BCUT2D eigenvalue weighted by atomic mass is 10.1. The fourth-order valence-corrected chi connectivity index (χ4v) is 3.89. The van der Waals surface area contributed by atoms with Crippen molar-refractivity contribution in [1.82, 2.24) is 15.1 Å². The van der Waals surface area contributed by atoms with Gasteiger partial charge in [0.25, 0.3) is 11.8 Å². The molecular weight excluding hydrogens is 440 g/mol. The maximum atomic E-state index is 12.4. The van der Waals surface area contributed by atoms with E-state index in [9.17, 15) is 14.4 Å². The standard InChI is InChI=1S/C21H17ClN4O4S/c22-13-7-9-14(10-8-13)30-11-3-6-17(27)23-21-25-24-18(31-21)12-26-19(28)15-4-1-2-5-16(15)20(26)29/h1-2,4-5,7-10H,3,6,11-12H2,(H,23,25,27). The molecule has 0 atom stereocenters. The lowest BCUT2D eigenvalue weighted by molar-refractivity contribution is -0.116. The van der Waals surface area contributed by atoms with E-state index >= 15 is 0 Å². The molecule has 1 aromatic heterocycles. The molecule has 10 heteroatoms. The number of carbonyl (C=O) groups excluding carboxylic acids is 3. The number of amides is 3. The van der Waals surface area contributed by atoms with Gasteiger partial charge in [-0.05, 0) is 42.8 Å². The summed E-state index contributed by atoms with van der Waals surface area (Å²) in [7, 11) is 0. The van der Waals surface area contributed by atoms with Crippen molar-refractivity contribution in [2.45, 2.75) is 19.4 Å². The number of carbonyl (C=O) groups is 3. The van der Waals surface area contributed by atoms with Crippen molar-refractivity contribution in [3.63, 3.8) is 0 Å². The molecule has 31 heavy (non-hydrogen) atoms. The normalized spacial score (nSPS) is 12.7. The highest BCUT2D eigenvalue weighted by molar-refractivity contribution is 7.15. The number of fused-ring (bicyclic) bond motifs is 1. The van der Waals surface area contributed by atoms with Gasteiger partial charge in [-0.1, -0.05) is 35.1 Å². The van der Waals surface area contributed by atoms with Crippen LogP contribution in [0, 0.1) is 0 Å². The van der Waals surface area contributed by atoms with E-state index in [1.165, 1.54) is 0 Å². The Balaban J connectivity index is 1.24. The molecule has 0 saturated carbocycles. The Morgan fingerprint density at radius 1 is 1.03 bits per heavy atom. The van der Waals surface area contributed by atoms with Crippen LogP contribution in [0.15, 0.2) is 48.5 Å². The molecule has 3 amide bonds. The van der Waals surface area contributed by atoms with Crippen LogP contribution >= 0.6 is 22.9 Å². The van der Waals surface area contributed by atoms with Crippen molar-refractivity contribution < 1.29 is 19.1 Å². The van der Waals surface area contributed by atoms with E-state index < -0.39 is 0 Å². The first-order valence-electron chi connectivity index (χ1n) is 9.47. The average Bonchev–Trinajstić information content (AvgIpc) is 3.31.